The first-order chi connectivity index (χ1) is 13.7. The van der Waals surface area contributed by atoms with Crippen molar-refractivity contribution in [3.8, 4) is 0 Å². The van der Waals surface area contributed by atoms with Gasteiger partial charge in [0.05, 0.1) is 10.6 Å². The van der Waals surface area contributed by atoms with Crippen molar-refractivity contribution in [1.82, 2.24) is 5.32 Å². The van der Waals surface area contributed by atoms with E-state index in [9.17, 15) is 24.5 Å². The number of rotatable bonds is 7. The molecule has 1 atom stereocenters. The van der Waals surface area contributed by atoms with Gasteiger partial charge in [0, 0.05) is 17.7 Å². The minimum Gasteiger partial charge on any atom is -0.454 e. The fourth-order valence-corrected chi connectivity index (χ4v) is 2.43. The SMILES string of the molecule is Cc1cccc(C(=O)N[C@@H](C)C(=O)OCC(=O)Nc2cc([N+](=O)[O-])ccc2C)c1. The number of carbonyl (C=O) groups excluding carboxylic acids is 3. The predicted octanol–water partition coefficient (Wildman–Crippen LogP) is 2.51. The molecule has 0 bridgehead atoms. The number of hydrogen-bond donors (Lipinski definition) is 2. The quantitative estimate of drug-likeness (QED) is 0.418. The Morgan fingerprint density at radius 2 is 1.86 bits per heavy atom. The fraction of sp³-hybridized carbons (Fsp3) is 0.250. The van der Waals surface area contributed by atoms with E-state index in [2.05, 4.69) is 10.6 Å². The van der Waals surface area contributed by atoms with Crippen LogP contribution in [0.5, 0.6) is 0 Å². The molecule has 9 nitrogen and oxygen atoms in total. The summed E-state index contributed by atoms with van der Waals surface area (Å²) in [7, 11) is 0. The van der Waals surface area contributed by atoms with E-state index in [-0.39, 0.29) is 11.4 Å². The lowest BCUT2D eigenvalue weighted by Gasteiger charge is -2.14. The molecular formula is C20H21N3O6. The van der Waals surface area contributed by atoms with Gasteiger partial charge in [0.2, 0.25) is 0 Å². The number of aryl methyl sites for hydroxylation is 2. The standard InChI is InChI=1S/C20H21N3O6/c1-12-5-4-6-15(9-12)19(25)21-14(3)20(26)29-11-18(24)22-17-10-16(23(27)28)8-7-13(17)2/h4-10,14H,11H2,1-3H3,(H,21,25)(H,22,24)/t14-/m0/s1. The minimum absolute atomic E-state index is 0.171. The normalized spacial score (nSPS) is 11.3. The number of ether oxygens (including phenoxy) is 1. The van der Waals surface area contributed by atoms with Crippen LogP contribution < -0.4 is 10.6 Å². The molecule has 9 heteroatoms. The van der Waals surface area contributed by atoms with E-state index in [1.54, 1.807) is 25.1 Å². The van der Waals surface area contributed by atoms with Crippen LogP contribution in [0.4, 0.5) is 11.4 Å². The monoisotopic (exact) mass is 399 g/mol. The number of nitro benzene ring substituents is 1. The average Bonchev–Trinajstić information content (AvgIpc) is 2.67. The molecule has 0 aliphatic carbocycles. The van der Waals surface area contributed by atoms with Gasteiger partial charge in [0.25, 0.3) is 17.5 Å². The number of nitrogens with zero attached hydrogens (tertiary/aromatic N) is 1. The van der Waals surface area contributed by atoms with Gasteiger partial charge >= 0.3 is 5.97 Å². The Kier molecular flexibility index (Phi) is 7.02. The summed E-state index contributed by atoms with van der Waals surface area (Å²) in [5, 5.41) is 15.8. The van der Waals surface area contributed by atoms with Crippen molar-refractivity contribution in [2.45, 2.75) is 26.8 Å². The van der Waals surface area contributed by atoms with Crippen LogP contribution in [0.2, 0.25) is 0 Å². The Hall–Kier alpha value is -3.75. The highest BCUT2D eigenvalue weighted by atomic mass is 16.6. The highest BCUT2D eigenvalue weighted by molar-refractivity contribution is 5.97. The molecule has 2 aromatic carbocycles. The Bertz CT molecular complexity index is 957. The van der Waals surface area contributed by atoms with Crippen molar-refractivity contribution in [3.05, 3.63) is 69.3 Å². The van der Waals surface area contributed by atoms with Crippen molar-refractivity contribution in [1.29, 1.82) is 0 Å². The van der Waals surface area contributed by atoms with Crippen LogP contribution >= 0.6 is 0 Å². The van der Waals surface area contributed by atoms with Crippen LogP contribution in [-0.2, 0) is 14.3 Å². The molecule has 2 amide bonds. The third-order valence-electron chi connectivity index (χ3n) is 4.03. The lowest BCUT2D eigenvalue weighted by atomic mass is 10.1. The number of nitrogens with one attached hydrogen (secondary N) is 2. The van der Waals surface area contributed by atoms with E-state index in [0.717, 1.165) is 5.56 Å². The zero-order chi connectivity index (χ0) is 21.6. The second-order valence-electron chi connectivity index (χ2n) is 6.48. The first-order valence-corrected chi connectivity index (χ1v) is 8.76. The molecule has 2 N–H and O–H groups in total. The minimum atomic E-state index is -0.963. The number of hydrogen-bond acceptors (Lipinski definition) is 6. The number of benzene rings is 2. The number of non-ortho nitro benzene ring substituents is 1. The van der Waals surface area contributed by atoms with Crippen LogP contribution in [0.3, 0.4) is 0 Å². The Morgan fingerprint density at radius 3 is 2.52 bits per heavy atom. The smallest absolute Gasteiger partial charge is 0.328 e. The molecule has 0 aliphatic rings. The summed E-state index contributed by atoms with van der Waals surface area (Å²) in [5.74, 6) is -1.87. The van der Waals surface area contributed by atoms with E-state index >= 15 is 0 Å². The van der Waals surface area contributed by atoms with E-state index in [0.29, 0.717) is 11.1 Å². The van der Waals surface area contributed by atoms with Gasteiger partial charge in [-0.15, -0.1) is 0 Å². The summed E-state index contributed by atoms with van der Waals surface area (Å²) in [6.45, 7) is 4.37. The number of esters is 1. The van der Waals surface area contributed by atoms with Gasteiger partial charge in [0.1, 0.15) is 6.04 Å². The van der Waals surface area contributed by atoms with Gasteiger partial charge in [-0.05, 0) is 38.5 Å². The molecule has 0 unspecified atom stereocenters. The molecule has 29 heavy (non-hydrogen) atoms. The lowest BCUT2D eigenvalue weighted by molar-refractivity contribution is -0.384. The zero-order valence-corrected chi connectivity index (χ0v) is 16.2. The average molecular weight is 399 g/mol. The Labute approximate surface area is 167 Å². The second kappa shape index (κ2) is 9.45. The highest BCUT2D eigenvalue weighted by Crippen LogP contribution is 2.21. The maximum atomic E-state index is 12.2. The molecule has 0 saturated carbocycles. The van der Waals surface area contributed by atoms with Crippen LogP contribution in [-0.4, -0.2) is 35.4 Å². The van der Waals surface area contributed by atoms with Crippen molar-refractivity contribution < 1.29 is 24.0 Å². The van der Waals surface area contributed by atoms with Crippen LogP contribution in [0.25, 0.3) is 0 Å². The molecule has 0 fully saturated rings. The van der Waals surface area contributed by atoms with Gasteiger partial charge in [-0.25, -0.2) is 4.79 Å². The molecule has 2 aromatic rings. The van der Waals surface area contributed by atoms with Gasteiger partial charge in [0.15, 0.2) is 6.61 Å². The first-order valence-electron chi connectivity index (χ1n) is 8.76. The molecule has 0 heterocycles. The second-order valence-corrected chi connectivity index (χ2v) is 6.48. The third kappa shape index (κ3) is 6.13. The Balaban J connectivity index is 1.88. The van der Waals surface area contributed by atoms with E-state index < -0.39 is 35.4 Å². The van der Waals surface area contributed by atoms with E-state index in [1.807, 2.05) is 13.0 Å². The molecular weight excluding hydrogens is 378 g/mol. The number of anilines is 1. The molecule has 0 saturated heterocycles. The zero-order valence-electron chi connectivity index (χ0n) is 16.2. The summed E-state index contributed by atoms with van der Waals surface area (Å²) in [4.78, 5) is 46.5. The fourth-order valence-electron chi connectivity index (χ4n) is 2.43. The summed E-state index contributed by atoms with van der Waals surface area (Å²) < 4.78 is 4.92. The van der Waals surface area contributed by atoms with Crippen LogP contribution in [0, 0.1) is 24.0 Å². The summed E-state index contributed by atoms with van der Waals surface area (Å²) in [6.07, 6.45) is 0. The predicted molar refractivity (Wildman–Crippen MR) is 106 cm³/mol. The van der Waals surface area contributed by atoms with Crippen molar-refractivity contribution in [3.63, 3.8) is 0 Å². The van der Waals surface area contributed by atoms with Gasteiger partial charge < -0.3 is 15.4 Å². The number of amides is 2. The van der Waals surface area contributed by atoms with Crippen molar-refractivity contribution in [2.24, 2.45) is 0 Å². The lowest BCUT2D eigenvalue weighted by Crippen LogP contribution is -2.40. The van der Waals surface area contributed by atoms with Crippen LogP contribution in [0.1, 0.15) is 28.4 Å². The third-order valence-corrected chi connectivity index (χ3v) is 4.03. The molecule has 0 radical (unpaired) electrons. The molecule has 0 spiro atoms. The largest absolute Gasteiger partial charge is 0.454 e. The topological polar surface area (TPSA) is 128 Å². The van der Waals surface area contributed by atoms with Gasteiger partial charge in [-0.3, -0.25) is 19.7 Å². The number of carbonyl (C=O) groups is 3. The van der Waals surface area contributed by atoms with E-state index in [4.69, 9.17) is 4.74 Å². The maximum absolute atomic E-state index is 12.2. The molecule has 0 aromatic heterocycles. The summed E-state index contributed by atoms with van der Waals surface area (Å²) in [5.41, 5.74) is 2.01. The van der Waals surface area contributed by atoms with Gasteiger partial charge in [-0.1, -0.05) is 23.8 Å². The molecule has 0 aliphatic heterocycles. The number of nitro groups is 1. The van der Waals surface area contributed by atoms with Crippen molar-refractivity contribution >= 4 is 29.2 Å². The first kappa shape index (κ1) is 21.5. The van der Waals surface area contributed by atoms with Gasteiger partial charge in [-0.2, -0.15) is 0 Å². The summed E-state index contributed by atoms with van der Waals surface area (Å²) >= 11 is 0. The highest BCUT2D eigenvalue weighted by Gasteiger charge is 2.19. The van der Waals surface area contributed by atoms with Crippen molar-refractivity contribution in [2.75, 3.05) is 11.9 Å². The molecule has 152 valence electrons. The van der Waals surface area contributed by atoms with E-state index in [1.165, 1.54) is 25.1 Å². The Morgan fingerprint density at radius 1 is 1.14 bits per heavy atom. The maximum Gasteiger partial charge on any atom is 0.328 e. The summed E-state index contributed by atoms with van der Waals surface area (Å²) in [6, 6.07) is 9.96. The molecule has 2 rings (SSSR count). The van der Waals surface area contributed by atoms with Crippen LogP contribution in [0.15, 0.2) is 42.5 Å².